The van der Waals surface area contributed by atoms with Gasteiger partial charge in [-0.3, -0.25) is 9.69 Å². The Kier molecular flexibility index (Phi) is 5.78. The van der Waals surface area contributed by atoms with E-state index >= 15 is 0 Å². The lowest BCUT2D eigenvalue weighted by Gasteiger charge is -2.34. The molecular formula is C16H26N4OS. The Balaban J connectivity index is 1.33. The average molecular weight is 322 g/mol. The lowest BCUT2D eigenvalue weighted by Crippen LogP contribution is -2.49. The minimum atomic E-state index is 0.339. The summed E-state index contributed by atoms with van der Waals surface area (Å²) in [7, 11) is 0. The summed E-state index contributed by atoms with van der Waals surface area (Å²) in [5.41, 5.74) is 0. The highest BCUT2D eigenvalue weighted by Gasteiger charge is 2.22. The number of carbonyl (C=O) groups is 1. The van der Waals surface area contributed by atoms with E-state index in [1.807, 2.05) is 30.5 Å². The molecule has 1 amide bonds. The van der Waals surface area contributed by atoms with E-state index in [0.29, 0.717) is 11.7 Å². The molecule has 0 unspecified atom stereocenters. The topological polar surface area (TPSA) is 41.4 Å². The molecule has 6 heteroatoms. The van der Waals surface area contributed by atoms with Gasteiger partial charge in [0, 0.05) is 56.9 Å². The molecular weight excluding hydrogens is 296 g/mol. The summed E-state index contributed by atoms with van der Waals surface area (Å²) in [5.74, 6) is 1.02. The van der Waals surface area contributed by atoms with Crippen molar-refractivity contribution in [3.05, 3.63) is 18.7 Å². The first-order valence-electron chi connectivity index (χ1n) is 8.39. The van der Waals surface area contributed by atoms with E-state index in [4.69, 9.17) is 0 Å². The first-order valence-corrected chi connectivity index (χ1v) is 9.43. The molecule has 3 rings (SSSR count). The zero-order valence-corrected chi connectivity index (χ0v) is 14.0. The fourth-order valence-electron chi connectivity index (χ4n) is 3.23. The van der Waals surface area contributed by atoms with Gasteiger partial charge in [0.2, 0.25) is 5.91 Å². The van der Waals surface area contributed by atoms with Crippen LogP contribution < -0.4 is 0 Å². The monoisotopic (exact) mass is 322 g/mol. The van der Waals surface area contributed by atoms with Crippen LogP contribution in [-0.4, -0.2) is 69.0 Å². The van der Waals surface area contributed by atoms with Gasteiger partial charge in [0.05, 0.1) is 12.1 Å². The minimum Gasteiger partial charge on any atom is -0.339 e. The third-order valence-electron chi connectivity index (χ3n) is 4.70. The third kappa shape index (κ3) is 4.49. The number of carbonyl (C=O) groups excluding carboxylic acids is 1. The van der Waals surface area contributed by atoms with Gasteiger partial charge in [-0.15, -0.1) is 11.8 Å². The number of imidazole rings is 1. The normalized spacial score (nSPS) is 20.6. The molecule has 0 bridgehead atoms. The predicted molar refractivity (Wildman–Crippen MR) is 90.0 cm³/mol. The number of rotatable bonds is 6. The maximum absolute atomic E-state index is 12.3. The minimum absolute atomic E-state index is 0.339. The first-order chi connectivity index (χ1) is 10.8. The molecule has 0 spiro atoms. The van der Waals surface area contributed by atoms with Crippen molar-refractivity contribution in [1.82, 2.24) is 19.4 Å². The number of hydrogen-bond donors (Lipinski definition) is 0. The Morgan fingerprint density at radius 3 is 2.59 bits per heavy atom. The summed E-state index contributed by atoms with van der Waals surface area (Å²) in [6.45, 7) is 5.77. The van der Waals surface area contributed by atoms with E-state index in [-0.39, 0.29) is 0 Å². The van der Waals surface area contributed by atoms with E-state index in [1.54, 1.807) is 0 Å². The van der Waals surface area contributed by atoms with Gasteiger partial charge < -0.3 is 9.47 Å². The molecule has 2 heterocycles. The maximum Gasteiger partial charge on any atom is 0.232 e. The number of piperazine rings is 1. The Labute approximate surface area is 137 Å². The zero-order chi connectivity index (χ0) is 15.2. The van der Waals surface area contributed by atoms with Gasteiger partial charge in [0.25, 0.3) is 0 Å². The molecule has 0 N–H and O–H groups in total. The van der Waals surface area contributed by atoms with Gasteiger partial charge in [-0.25, -0.2) is 4.98 Å². The van der Waals surface area contributed by atoms with E-state index in [1.165, 1.54) is 25.7 Å². The summed E-state index contributed by atoms with van der Waals surface area (Å²) >= 11 is 1.88. The highest BCUT2D eigenvalue weighted by Crippen LogP contribution is 2.29. The summed E-state index contributed by atoms with van der Waals surface area (Å²) < 4.78 is 2.11. The molecule has 1 saturated heterocycles. The number of aromatic nitrogens is 2. The van der Waals surface area contributed by atoms with Gasteiger partial charge >= 0.3 is 0 Å². The number of amides is 1. The van der Waals surface area contributed by atoms with Crippen LogP contribution in [0.4, 0.5) is 0 Å². The Hall–Kier alpha value is -1.01. The predicted octanol–water partition coefficient (Wildman–Crippen LogP) is 1.70. The van der Waals surface area contributed by atoms with E-state index in [0.717, 1.165) is 44.5 Å². The average Bonchev–Trinajstić information content (AvgIpc) is 3.24. The number of thioether (sulfide) groups is 1. The van der Waals surface area contributed by atoms with Crippen LogP contribution in [0.1, 0.15) is 25.7 Å². The third-order valence-corrected chi connectivity index (χ3v) is 6.06. The molecule has 122 valence electrons. The molecule has 1 saturated carbocycles. The van der Waals surface area contributed by atoms with E-state index in [9.17, 15) is 4.79 Å². The highest BCUT2D eigenvalue weighted by molar-refractivity contribution is 8.00. The SMILES string of the molecule is O=C(CSC1CCCC1)N1CCN(CCn2ccnc2)CC1. The molecule has 2 fully saturated rings. The second-order valence-electron chi connectivity index (χ2n) is 6.24. The van der Waals surface area contributed by atoms with Crippen LogP contribution in [0.25, 0.3) is 0 Å². The van der Waals surface area contributed by atoms with Gasteiger partial charge in [-0.1, -0.05) is 12.8 Å². The smallest absolute Gasteiger partial charge is 0.232 e. The molecule has 1 aliphatic heterocycles. The molecule has 0 atom stereocenters. The van der Waals surface area contributed by atoms with Crippen molar-refractivity contribution in [2.45, 2.75) is 37.5 Å². The molecule has 1 aliphatic carbocycles. The Bertz CT molecular complexity index is 451. The lowest BCUT2D eigenvalue weighted by atomic mass is 10.3. The molecule has 0 aromatic carbocycles. The van der Waals surface area contributed by atoms with Crippen molar-refractivity contribution in [2.24, 2.45) is 0 Å². The van der Waals surface area contributed by atoms with Crippen LogP contribution in [0.5, 0.6) is 0 Å². The van der Waals surface area contributed by atoms with Gasteiger partial charge in [0.15, 0.2) is 0 Å². The number of hydrogen-bond acceptors (Lipinski definition) is 4. The second kappa shape index (κ2) is 8.02. The molecule has 22 heavy (non-hydrogen) atoms. The standard InChI is InChI=1S/C16H26N4OS/c21-16(13-22-15-3-1-2-4-15)20-11-9-18(10-12-20)7-8-19-6-5-17-14-19/h5-6,14-15H,1-4,7-13H2. The van der Waals surface area contributed by atoms with Crippen LogP contribution in [0, 0.1) is 0 Å². The van der Waals surface area contributed by atoms with Gasteiger partial charge in [-0.05, 0) is 12.8 Å². The van der Waals surface area contributed by atoms with Crippen molar-refractivity contribution in [1.29, 1.82) is 0 Å². The Morgan fingerprint density at radius 1 is 1.14 bits per heavy atom. The summed E-state index contributed by atoms with van der Waals surface area (Å²) in [6, 6.07) is 0. The quantitative estimate of drug-likeness (QED) is 0.799. The summed E-state index contributed by atoms with van der Waals surface area (Å²) in [5, 5.41) is 0.736. The van der Waals surface area contributed by atoms with Gasteiger partial charge in [-0.2, -0.15) is 0 Å². The summed E-state index contributed by atoms with van der Waals surface area (Å²) in [6.07, 6.45) is 11.0. The zero-order valence-electron chi connectivity index (χ0n) is 13.2. The molecule has 2 aliphatic rings. The molecule has 5 nitrogen and oxygen atoms in total. The van der Waals surface area contributed by atoms with Crippen molar-refractivity contribution < 1.29 is 4.79 Å². The molecule has 1 aromatic heterocycles. The van der Waals surface area contributed by atoms with E-state index in [2.05, 4.69) is 19.4 Å². The Morgan fingerprint density at radius 2 is 1.91 bits per heavy atom. The fraction of sp³-hybridized carbons (Fsp3) is 0.750. The van der Waals surface area contributed by atoms with Crippen molar-refractivity contribution in [3.63, 3.8) is 0 Å². The number of nitrogens with zero attached hydrogens (tertiary/aromatic N) is 4. The van der Waals surface area contributed by atoms with Crippen LogP contribution in [0.2, 0.25) is 0 Å². The molecule has 0 radical (unpaired) electrons. The fourth-order valence-corrected chi connectivity index (χ4v) is 4.46. The molecule has 1 aromatic rings. The van der Waals surface area contributed by atoms with Crippen LogP contribution >= 0.6 is 11.8 Å². The maximum atomic E-state index is 12.3. The highest BCUT2D eigenvalue weighted by atomic mass is 32.2. The van der Waals surface area contributed by atoms with Crippen LogP contribution in [0.15, 0.2) is 18.7 Å². The first kappa shape index (κ1) is 15.9. The van der Waals surface area contributed by atoms with Crippen molar-refractivity contribution in [3.8, 4) is 0 Å². The van der Waals surface area contributed by atoms with Gasteiger partial charge in [0.1, 0.15) is 0 Å². The van der Waals surface area contributed by atoms with Crippen LogP contribution in [-0.2, 0) is 11.3 Å². The van der Waals surface area contributed by atoms with Crippen molar-refractivity contribution in [2.75, 3.05) is 38.5 Å². The van der Waals surface area contributed by atoms with Crippen molar-refractivity contribution >= 4 is 17.7 Å². The summed E-state index contributed by atoms with van der Waals surface area (Å²) in [4.78, 5) is 20.8. The largest absolute Gasteiger partial charge is 0.339 e. The second-order valence-corrected chi connectivity index (χ2v) is 7.53. The van der Waals surface area contributed by atoms with Crippen LogP contribution in [0.3, 0.4) is 0 Å². The van der Waals surface area contributed by atoms with E-state index < -0.39 is 0 Å². The lowest BCUT2D eigenvalue weighted by molar-refractivity contribution is -0.130.